The molecule has 0 saturated carbocycles. The van der Waals surface area contributed by atoms with Crippen LogP contribution in [0.4, 0.5) is 4.39 Å². The first-order valence-corrected chi connectivity index (χ1v) is 6.80. The number of hydrogen-bond acceptors (Lipinski definition) is 3. The van der Waals surface area contributed by atoms with Crippen LogP contribution in [-0.2, 0) is 0 Å². The molecule has 1 aliphatic rings. The Balaban J connectivity index is 1.84. The van der Waals surface area contributed by atoms with E-state index in [1.54, 1.807) is 24.4 Å². The second-order valence-electron chi connectivity index (χ2n) is 4.95. The van der Waals surface area contributed by atoms with Crippen molar-refractivity contribution in [1.82, 2.24) is 4.98 Å². The van der Waals surface area contributed by atoms with E-state index in [4.69, 9.17) is 11.6 Å². The predicted octanol–water partition coefficient (Wildman–Crippen LogP) is 4.76. The largest absolute Gasteiger partial charge is 0.244 e. The first-order valence-electron chi connectivity index (χ1n) is 6.42. The molecular weight excluding hydrogens is 277 g/mol. The quantitative estimate of drug-likeness (QED) is 0.735. The van der Waals surface area contributed by atoms with Crippen LogP contribution < -0.4 is 0 Å². The highest BCUT2D eigenvalue weighted by atomic mass is 35.5. The topological polar surface area (TPSA) is 37.6 Å². The molecule has 20 heavy (non-hydrogen) atoms. The number of nitrogens with zero attached hydrogens (tertiary/aromatic N) is 3. The summed E-state index contributed by atoms with van der Waals surface area (Å²) in [5, 5.41) is 9.15. The van der Waals surface area contributed by atoms with Crippen molar-refractivity contribution in [2.45, 2.75) is 19.0 Å². The lowest BCUT2D eigenvalue weighted by Crippen LogP contribution is -2.10. The molecule has 0 fully saturated rings. The van der Waals surface area contributed by atoms with Crippen LogP contribution in [0.5, 0.6) is 0 Å². The molecule has 0 spiro atoms. The molecule has 2 heterocycles. The molecule has 3 rings (SSSR count). The van der Waals surface area contributed by atoms with Gasteiger partial charge in [-0.15, -0.1) is 0 Å². The summed E-state index contributed by atoms with van der Waals surface area (Å²) in [6.45, 7) is 2.09. The average molecular weight is 290 g/mol. The molecule has 3 unspecified atom stereocenters. The number of azo groups is 1. The Morgan fingerprint density at radius 2 is 1.55 bits per heavy atom. The van der Waals surface area contributed by atoms with Crippen LogP contribution in [0.15, 0.2) is 52.8 Å². The Hall–Kier alpha value is -1.81. The lowest BCUT2D eigenvalue weighted by Gasteiger charge is -2.17. The van der Waals surface area contributed by atoms with Gasteiger partial charge in [0.25, 0.3) is 0 Å². The van der Waals surface area contributed by atoms with E-state index in [0.717, 1.165) is 11.1 Å². The third-order valence-electron chi connectivity index (χ3n) is 3.61. The highest BCUT2D eigenvalue weighted by molar-refractivity contribution is 6.29. The molecule has 1 aliphatic heterocycles. The molecule has 0 saturated heterocycles. The Labute approximate surface area is 121 Å². The van der Waals surface area contributed by atoms with Crippen molar-refractivity contribution >= 4 is 11.6 Å². The normalized spacial score (nSPS) is 25.1. The van der Waals surface area contributed by atoms with Gasteiger partial charge in [0.1, 0.15) is 23.1 Å². The van der Waals surface area contributed by atoms with Crippen molar-refractivity contribution in [2.24, 2.45) is 16.1 Å². The Kier molecular flexibility index (Phi) is 3.49. The van der Waals surface area contributed by atoms with Gasteiger partial charge in [0.05, 0.1) is 0 Å². The summed E-state index contributed by atoms with van der Waals surface area (Å²) in [5.41, 5.74) is 1.97. The molecule has 0 bridgehead atoms. The van der Waals surface area contributed by atoms with Crippen molar-refractivity contribution in [3.05, 3.63) is 64.7 Å². The lowest BCUT2D eigenvalue weighted by atomic mass is 9.88. The van der Waals surface area contributed by atoms with Gasteiger partial charge in [0.2, 0.25) is 0 Å². The first-order chi connectivity index (χ1) is 9.65. The van der Waals surface area contributed by atoms with Crippen LogP contribution in [0.1, 0.15) is 30.1 Å². The lowest BCUT2D eigenvalue weighted by molar-refractivity contribution is 0.462. The highest BCUT2D eigenvalue weighted by Crippen LogP contribution is 2.43. The molecule has 0 amide bonds. The number of hydrogen-bond donors (Lipinski definition) is 0. The molecule has 102 valence electrons. The number of rotatable bonds is 2. The van der Waals surface area contributed by atoms with Gasteiger partial charge >= 0.3 is 0 Å². The van der Waals surface area contributed by atoms with Crippen molar-refractivity contribution in [2.75, 3.05) is 0 Å². The SMILES string of the molecule is CC1C(c2ccc(F)cc2)N=NC1c1ccc(Cl)nc1. The zero-order valence-electron chi connectivity index (χ0n) is 10.9. The maximum atomic E-state index is 13.0. The van der Waals surface area contributed by atoms with Gasteiger partial charge in [-0.05, 0) is 29.3 Å². The van der Waals surface area contributed by atoms with Gasteiger partial charge in [0.15, 0.2) is 0 Å². The molecule has 0 aliphatic carbocycles. The molecule has 5 heteroatoms. The van der Waals surface area contributed by atoms with Crippen molar-refractivity contribution in [1.29, 1.82) is 0 Å². The number of halogens is 2. The fraction of sp³-hybridized carbons (Fsp3) is 0.267. The van der Waals surface area contributed by atoms with E-state index < -0.39 is 0 Å². The summed E-state index contributed by atoms with van der Waals surface area (Å²) in [6.07, 6.45) is 1.73. The number of benzene rings is 1. The summed E-state index contributed by atoms with van der Waals surface area (Å²) < 4.78 is 13.0. The van der Waals surface area contributed by atoms with Crippen LogP contribution in [0.2, 0.25) is 5.15 Å². The molecule has 2 aromatic rings. The standard InChI is InChI=1S/C15H13ClFN3/c1-9-14(10-2-5-12(17)6-3-10)19-20-15(9)11-4-7-13(16)18-8-11/h2-9,14-15H,1H3. The zero-order valence-corrected chi connectivity index (χ0v) is 11.6. The molecule has 3 atom stereocenters. The fourth-order valence-electron chi connectivity index (χ4n) is 2.49. The van der Waals surface area contributed by atoms with Gasteiger partial charge in [-0.3, -0.25) is 0 Å². The second kappa shape index (κ2) is 5.29. The van der Waals surface area contributed by atoms with Gasteiger partial charge in [-0.2, -0.15) is 10.2 Å². The van der Waals surface area contributed by atoms with Crippen molar-refractivity contribution < 1.29 is 4.39 Å². The number of aromatic nitrogens is 1. The van der Waals surface area contributed by atoms with Gasteiger partial charge in [-0.25, -0.2) is 9.37 Å². The molecule has 1 aromatic carbocycles. The molecule has 1 aromatic heterocycles. The molecule has 3 nitrogen and oxygen atoms in total. The van der Waals surface area contributed by atoms with Crippen LogP contribution in [0.25, 0.3) is 0 Å². The Bertz CT molecular complexity index is 569. The van der Waals surface area contributed by atoms with Gasteiger partial charge < -0.3 is 0 Å². The summed E-state index contributed by atoms with van der Waals surface area (Å²) in [5.74, 6) is -0.0433. The first kappa shape index (κ1) is 13.2. The number of pyridine rings is 1. The van der Waals surface area contributed by atoms with E-state index in [1.165, 1.54) is 12.1 Å². The van der Waals surface area contributed by atoms with Gasteiger partial charge in [0, 0.05) is 12.1 Å². The molecule has 0 N–H and O–H groups in total. The molecular formula is C15H13ClFN3. The van der Waals surface area contributed by atoms with E-state index in [0.29, 0.717) is 5.15 Å². The van der Waals surface area contributed by atoms with Crippen molar-refractivity contribution in [3.8, 4) is 0 Å². The van der Waals surface area contributed by atoms with E-state index in [-0.39, 0.29) is 23.8 Å². The maximum Gasteiger partial charge on any atom is 0.129 e. The maximum absolute atomic E-state index is 13.0. The third-order valence-corrected chi connectivity index (χ3v) is 3.84. The summed E-state index contributed by atoms with van der Waals surface area (Å²) in [7, 11) is 0. The summed E-state index contributed by atoms with van der Waals surface area (Å²) in [4.78, 5) is 4.08. The highest BCUT2D eigenvalue weighted by Gasteiger charge is 2.33. The summed E-state index contributed by atoms with van der Waals surface area (Å²) >= 11 is 5.79. The third kappa shape index (κ3) is 2.43. The summed E-state index contributed by atoms with van der Waals surface area (Å²) in [6, 6.07) is 10.0. The van der Waals surface area contributed by atoms with E-state index in [1.807, 2.05) is 6.07 Å². The predicted molar refractivity (Wildman–Crippen MR) is 75.1 cm³/mol. The van der Waals surface area contributed by atoms with Crippen LogP contribution in [-0.4, -0.2) is 4.98 Å². The van der Waals surface area contributed by atoms with E-state index in [9.17, 15) is 4.39 Å². The Morgan fingerprint density at radius 1 is 0.950 bits per heavy atom. The fourth-order valence-corrected chi connectivity index (χ4v) is 2.60. The smallest absolute Gasteiger partial charge is 0.129 e. The van der Waals surface area contributed by atoms with E-state index in [2.05, 4.69) is 22.1 Å². The van der Waals surface area contributed by atoms with Crippen LogP contribution >= 0.6 is 11.6 Å². The minimum absolute atomic E-state index is 0.0326. The van der Waals surface area contributed by atoms with Crippen LogP contribution in [0, 0.1) is 11.7 Å². The Morgan fingerprint density at radius 3 is 2.15 bits per heavy atom. The zero-order chi connectivity index (χ0) is 14.1. The minimum atomic E-state index is -0.241. The van der Waals surface area contributed by atoms with Crippen molar-refractivity contribution in [3.63, 3.8) is 0 Å². The average Bonchev–Trinajstić information content (AvgIpc) is 2.83. The van der Waals surface area contributed by atoms with Crippen LogP contribution in [0.3, 0.4) is 0 Å². The minimum Gasteiger partial charge on any atom is -0.244 e. The van der Waals surface area contributed by atoms with Gasteiger partial charge in [-0.1, -0.05) is 36.7 Å². The second-order valence-corrected chi connectivity index (χ2v) is 5.33. The monoisotopic (exact) mass is 289 g/mol. The molecule has 0 radical (unpaired) electrons. The van der Waals surface area contributed by atoms with E-state index >= 15 is 0 Å².